The second kappa shape index (κ2) is 3.77. The second-order valence-corrected chi connectivity index (χ2v) is 1.30. The molecule has 0 aliphatic heterocycles. The van der Waals surface area contributed by atoms with Crippen LogP contribution in [0.5, 0.6) is 0 Å². The Bertz CT molecular complexity index is 55.7. The van der Waals surface area contributed by atoms with Crippen LogP contribution in [0.25, 0.3) is 0 Å². The van der Waals surface area contributed by atoms with Gasteiger partial charge in [0.25, 0.3) is 0 Å². The first-order chi connectivity index (χ1) is 3.31. The van der Waals surface area contributed by atoms with Crippen molar-refractivity contribution in [2.75, 3.05) is 6.54 Å². The zero-order chi connectivity index (χ0) is 5.70. The summed E-state index contributed by atoms with van der Waals surface area (Å²) in [5, 5.41) is 0. The number of nitrogens with two attached hydrogens (primary N) is 2. The Morgan fingerprint density at radius 1 is 1.71 bits per heavy atom. The fourth-order valence-electron chi connectivity index (χ4n) is 0.238. The predicted molar refractivity (Wildman–Crippen MR) is 27.3 cm³/mol. The van der Waals surface area contributed by atoms with Gasteiger partial charge in [0, 0.05) is 0 Å². The van der Waals surface area contributed by atoms with Crippen LogP contribution < -0.4 is 11.5 Å². The lowest BCUT2D eigenvalue weighted by Crippen LogP contribution is -2.24. The molecule has 0 bridgehead atoms. The van der Waals surface area contributed by atoms with Crippen molar-refractivity contribution in [1.82, 2.24) is 0 Å². The molecule has 0 aromatic carbocycles. The first kappa shape index (κ1) is 6.59. The molecule has 0 saturated heterocycles. The van der Waals surface area contributed by atoms with Gasteiger partial charge in [-0.1, -0.05) is 0 Å². The van der Waals surface area contributed by atoms with Gasteiger partial charge >= 0.3 is 0 Å². The average Bonchev–Trinajstić information content (AvgIpc) is 1.68. The molecule has 0 saturated carbocycles. The fraction of sp³-hybridized carbons (Fsp3) is 0.750. The maximum atomic E-state index is 9.59. The molecule has 0 rings (SSSR count). The summed E-state index contributed by atoms with van der Waals surface area (Å²) < 4.78 is 0. The van der Waals surface area contributed by atoms with Crippen LogP contribution in [0.4, 0.5) is 0 Å². The van der Waals surface area contributed by atoms with E-state index in [4.69, 9.17) is 11.5 Å². The highest BCUT2D eigenvalue weighted by atomic mass is 16.1. The third kappa shape index (κ3) is 3.42. The van der Waals surface area contributed by atoms with Gasteiger partial charge in [0.2, 0.25) is 6.29 Å². The Hall–Kier alpha value is -0.410. The molecule has 0 amide bonds. The van der Waals surface area contributed by atoms with E-state index in [0.717, 1.165) is 0 Å². The maximum absolute atomic E-state index is 9.59. The van der Waals surface area contributed by atoms with E-state index in [-0.39, 0.29) is 0 Å². The smallest absolute Gasteiger partial charge is 0.216 e. The highest BCUT2D eigenvalue weighted by Crippen LogP contribution is 1.75. The van der Waals surface area contributed by atoms with E-state index in [1.54, 1.807) is 6.29 Å². The Morgan fingerprint density at radius 3 is 2.43 bits per heavy atom. The molecule has 0 aromatic rings. The summed E-state index contributed by atoms with van der Waals surface area (Å²) >= 11 is 0. The van der Waals surface area contributed by atoms with E-state index >= 15 is 0 Å². The topological polar surface area (TPSA) is 69.1 Å². The van der Waals surface area contributed by atoms with Crippen LogP contribution in [0.2, 0.25) is 0 Å². The lowest BCUT2D eigenvalue weighted by molar-refractivity contribution is 0.537. The largest absolute Gasteiger partial charge is 0.330 e. The van der Waals surface area contributed by atoms with E-state index in [2.05, 4.69) is 0 Å². The first-order valence-electron chi connectivity index (χ1n) is 2.14. The van der Waals surface area contributed by atoms with Crippen LogP contribution in [0.1, 0.15) is 6.42 Å². The average molecular weight is 101 g/mol. The maximum Gasteiger partial charge on any atom is 0.216 e. The van der Waals surface area contributed by atoms with Crippen molar-refractivity contribution in [3.63, 3.8) is 0 Å². The van der Waals surface area contributed by atoms with Gasteiger partial charge in [0.15, 0.2) is 0 Å². The Labute approximate surface area is 42.7 Å². The van der Waals surface area contributed by atoms with Crippen molar-refractivity contribution in [2.24, 2.45) is 11.5 Å². The van der Waals surface area contributed by atoms with Gasteiger partial charge in [-0.05, 0) is 13.0 Å². The molecule has 41 valence electrons. The van der Waals surface area contributed by atoms with E-state index < -0.39 is 6.04 Å². The third-order valence-corrected chi connectivity index (χ3v) is 0.629. The first-order valence-corrected chi connectivity index (χ1v) is 2.14. The predicted octanol–water partition coefficient (Wildman–Crippen LogP) is -1.23. The lowest BCUT2D eigenvalue weighted by atomic mass is 10.2. The SMILES string of the molecule is NCCC(N)[C]=O. The molecule has 1 atom stereocenters. The molecule has 3 nitrogen and oxygen atoms in total. The molecule has 0 aliphatic carbocycles. The van der Waals surface area contributed by atoms with Crippen LogP contribution in [0, 0.1) is 0 Å². The van der Waals surface area contributed by atoms with Gasteiger partial charge < -0.3 is 11.5 Å². The summed E-state index contributed by atoms with van der Waals surface area (Å²) in [5.74, 6) is 0. The Morgan fingerprint density at radius 2 is 2.29 bits per heavy atom. The van der Waals surface area contributed by atoms with Crippen LogP contribution in [-0.4, -0.2) is 18.9 Å². The van der Waals surface area contributed by atoms with Gasteiger partial charge in [-0.25, -0.2) is 0 Å². The van der Waals surface area contributed by atoms with Gasteiger partial charge in [-0.3, -0.25) is 4.79 Å². The highest BCUT2D eigenvalue weighted by Gasteiger charge is 1.95. The lowest BCUT2D eigenvalue weighted by Gasteiger charge is -1.94. The molecule has 4 N–H and O–H groups in total. The second-order valence-electron chi connectivity index (χ2n) is 1.30. The van der Waals surface area contributed by atoms with Gasteiger partial charge in [-0.2, -0.15) is 0 Å². The number of hydrogen-bond acceptors (Lipinski definition) is 3. The minimum atomic E-state index is -0.481. The molecule has 7 heavy (non-hydrogen) atoms. The molecule has 0 spiro atoms. The highest BCUT2D eigenvalue weighted by molar-refractivity contribution is 5.57. The normalized spacial score (nSPS) is 13.4. The fourth-order valence-corrected chi connectivity index (χ4v) is 0.238. The number of rotatable bonds is 3. The van der Waals surface area contributed by atoms with Crippen molar-refractivity contribution in [3.05, 3.63) is 0 Å². The third-order valence-electron chi connectivity index (χ3n) is 0.629. The van der Waals surface area contributed by atoms with E-state index in [1.165, 1.54) is 0 Å². The molecule has 3 heteroatoms. The minimum absolute atomic E-state index is 0.455. The van der Waals surface area contributed by atoms with Gasteiger partial charge in [0.1, 0.15) is 0 Å². The molecule has 0 aliphatic rings. The van der Waals surface area contributed by atoms with Crippen molar-refractivity contribution >= 4 is 6.29 Å². The van der Waals surface area contributed by atoms with Crippen LogP contribution >= 0.6 is 0 Å². The van der Waals surface area contributed by atoms with Crippen LogP contribution in [0.3, 0.4) is 0 Å². The van der Waals surface area contributed by atoms with Crippen molar-refractivity contribution in [3.8, 4) is 0 Å². The summed E-state index contributed by atoms with van der Waals surface area (Å²) in [5.41, 5.74) is 10.1. The molecular weight excluding hydrogens is 92.1 g/mol. The van der Waals surface area contributed by atoms with Gasteiger partial charge in [-0.15, -0.1) is 0 Å². The summed E-state index contributed by atoms with van der Waals surface area (Å²) in [6.07, 6.45) is 2.14. The summed E-state index contributed by atoms with van der Waals surface area (Å²) in [4.78, 5) is 9.59. The molecule has 0 heterocycles. The van der Waals surface area contributed by atoms with E-state index in [9.17, 15) is 4.79 Å². The van der Waals surface area contributed by atoms with Crippen molar-refractivity contribution in [2.45, 2.75) is 12.5 Å². The minimum Gasteiger partial charge on any atom is -0.330 e. The molecule has 0 fully saturated rings. The molecule has 1 unspecified atom stereocenters. The van der Waals surface area contributed by atoms with Gasteiger partial charge in [0.05, 0.1) is 6.04 Å². The number of carbonyl (C=O) groups excluding carboxylic acids is 1. The van der Waals surface area contributed by atoms with Crippen LogP contribution in [-0.2, 0) is 4.79 Å². The van der Waals surface area contributed by atoms with Crippen molar-refractivity contribution in [1.29, 1.82) is 0 Å². The standard InChI is InChI=1S/C4H9N2O/c5-2-1-4(6)3-7/h4H,1-2,5-6H2. The monoisotopic (exact) mass is 101 g/mol. The summed E-state index contributed by atoms with van der Waals surface area (Å²) in [7, 11) is 0. The van der Waals surface area contributed by atoms with E-state index in [1.807, 2.05) is 0 Å². The zero-order valence-corrected chi connectivity index (χ0v) is 4.05. The Kier molecular flexibility index (Phi) is 3.55. The summed E-state index contributed by atoms with van der Waals surface area (Å²) in [6, 6.07) is -0.481. The molecular formula is C4H9N2O. The quantitative estimate of drug-likeness (QED) is 0.467. The summed E-state index contributed by atoms with van der Waals surface area (Å²) in [6.45, 7) is 0.455. The van der Waals surface area contributed by atoms with Crippen molar-refractivity contribution < 1.29 is 4.79 Å². The zero-order valence-electron chi connectivity index (χ0n) is 4.05. The number of hydrogen-bond donors (Lipinski definition) is 2. The van der Waals surface area contributed by atoms with E-state index in [0.29, 0.717) is 13.0 Å². The van der Waals surface area contributed by atoms with Crippen LogP contribution in [0.15, 0.2) is 0 Å². The Balaban J connectivity index is 2.98. The molecule has 1 radical (unpaired) electrons. The molecule has 0 aromatic heterocycles.